The van der Waals surface area contributed by atoms with Crippen LogP contribution in [0.2, 0.25) is 5.02 Å². The van der Waals surface area contributed by atoms with E-state index in [0.717, 1.165) is 5.56 Å². The van der Waals surface area contributed by atoms with Gasteiger partial charge in [-0.25, -0.2) is 4.79 Å². The second-order valence-electron chi connectivity index (χ2n) is 10.8. The predicted octanol–water partition coefficient (Wildman–Crippen LogP) is 6.21. The number of aryl methyl sites for hydroxylation is 1. The maximum atomic E-state index is 14.2. The van der Waals surface area contributed by atoms with E-state index >= 15 is 0 Å². The Bertz CT molecular complexity index is 1110. The summed E-state index contributed by atoms with van der Waals surface area (Å²) in [7, 11) is 0. The van der Waals surface area contributed by atoms with Crippen molar-refractivity contribution in [2.45, 2.75) is 85.5 Å². The maximum absolute atomic E-state index is 14.2. The number of nitrogens with zero attached hydrogens (tertiary/aromatic N) is 1. The van der Waals surface area contributed by atoms with Gasteiger partial charge in [-0.2, -0.15) is 0 Å². The van der Waals surface area contributed by atoms with Gasteiger partial charge in [0.25, 0.3) is 5.91 Å². The fraction of sp³-hybridized carbons (Fsp3) is 0.483. The van der Waals surface area contributed by atoms with Crippen molar-refractivity contribution in [3.05, 3.63) is 58.6 Å². The fourth-order valence-electron chi connectivity index (χ4n) is 3.98. The van der Waals surface area contributed by atoms with E-state index in [4.69, 9.17) is 16.3 Å². The summed E-state index contributed by atoms with van der Waals surface area (Å²) in [6, 6.07) is 9.04. The minimum atomic E-state index is -1.07. The molecular weight excluding hydrogens is 506 g/mol. The summed E-state index contributed by atoms with van der Waals surface area (Å²) in [5, 5.41) is 15.9. The number of carbonyl (C=O) groups excluding carboxylic acids is 3. The van der Waals surface area contributed by atoms with Crippen LogP contribution >= 0.6 is 11.6 Å². The zero-order chi connectivity index (χ0) is 28.8. The molecule has 3 amide bonds. The molecule has 3 atom stereocenters. The Kier molecular flexibility index (Phi) is 10.6. The summed E-state index contributed by atoms with van der Waals surface area (Å²) in [4.78, 5) is 42.2. The van der Waals surface area contributed by atoms with Crippen LogP contribution in [-0.4, -0.2) is 45.6 Å². The summed E-state index contributed by atoms with van der Waals surface area (Å²) < 4.78 is 5.40. The predicted molar refractivity (Wildman–Crippen MR) is 150 cm³/mol. The maximum Gasteiger partial charge on any atom is 0.408 e. The zero-order valence-electron chi connectivity index (χ0n) is 23.5. The molecule has 0 saturated heterocycles. The molecule has 0 fully saturated rings. The Morgan fingerprint density at radius 3 is 2.16 bits per heavy atom. The number of hydrogen-bond donors (Lipinski definition) is 3. The zero-order valence-corrected chi connectivity index (χ0v) is 24.2. The number of hydrogen-bond acceptors (Lipinski definition) is 5. The first kappa shape index (κ1) is 31.0. The number of halogens is 1. The molecule has 0 radical (unpaired) electrons. The monoisotopic (exact) mass is 545 g/mol. The number of rotatable bonds is 9. The van der Waals surface area contributed by atoms with Gasteiger partial charge in [-0.15, -0.1) is 0 Å². The average Bonchev–Trinajstić information content (AvgIpc) is 2.82. The van der Waals surface area contributed by atoms with Gasteiger partial charge in [0.15, 0.2) is 0 Å². The van der Waals surface area contributed by atoms with E-state index in [0.29, 0.717) is 22.7 Å². The van der Waals surface area contributed by atoms with E-state index in [1.165, 1.54) is 17.0 Å². The lowest BCUT2D eigenvalue weighted by atomic mass is 9.96. The second kappa shape index (κ2) is 13.0. The van der Waals surface area contributed by atoms with Gasteiger partial charge in [-0.05, 0) is 76.3 Å². The third-order valence-electron chi connectivity index (χ3n) is 6.13. The molecule has 208 valence electrons. The third-order valence-corrected chi connectivity index (χ3v) is 6.45. The van der Waals surface area contributed by atoms with E-state index in [1.807, 2.05) is 40.7 Å². The average molecular weight is 546 g/mol. The minimum absolute atomic E-state index is 0.0305. The van der Waals surface area contributed by atoms with Crippen LogP contribution in [0.5, 0.6) is 5.75 Å². The van der Waals surface area contributed by atoms with Crippen molar-refractivity contribution in [3.8, 4) is 5.75 Å². The van der Waals surface area contributed by atoms with Crippen LogP contribution < -0.4 is 10.6 Å². The lowest BCUT2D eigenvalue weighted by Crippen LogP contribution is -2.56. The molecule has 9 heteroatoms. The number of phenols is 1. The summed E-state index contributed by atoms with van der Waals surface area (Å²) >= 11 is 6.39. The van der Waals surface area contributed by atoms with Crippen molar-refractivity contribution in [2.24, 2.45) is 5.92 Å². The van der Waals surface area contributed by atoms with Gasteiger partial charge in [0, 0.05) is 6.04 Å². The SMILES string of the molecule is CCC(C)N(C(=O)C(NC(=O)OC(C)(C)C)C(C)C)C(C(=O)Nc1c(C)cccc1Cl)c1ccc(O)cc1. The molecule has 8 nitrogen and oxygen atoms in total. The van der Waals surface area contributed by atoms with Crippen molar-refractivity contribution < 1.29 is 24.2 Å². The van der Waals surface area contributed by atoms with Crippen molar-refractivity contribution in [1.29, 1.82) is 0 Å². The Morgan fingerprint density at radius 1 is 1.05 bits per heavy atom. The number of anilines is 1. The van der Waals surface area contributed by atoms with Crippen molar-refractivity contribution in [1.82, 2.24) is 10.2 Å². The number of benzene rings is 2. The van der Waals surface area contributed by atoms with Gasteiger partial charge in [0.2, 0.25) is 5.91 Å². The molecule has 0 heterocycles. The van der Waals surface area contributed by atoms with Crippen LogP contribution in [0.3, 0.4) is 0 Å². The molecule has 0 spiro atoms. The van der Waals surface area contributed by atoms with Crippen LogP contribution in [0.1, 0.15) is 72.1 Å². The number of nitrogens with one attached hydrogen (secondary N) is 2. The van der Waals surface area contributed by atoms with Gasteiger partial charge in [0.1, 0.15) is 23.4 Å². The van der Waals surface area contributed by atoms with Gasteiger partial charge in [0.05, 0.1) is 10.7 Å². The second-order valence-corrected chi connectivity index (χ2v) is 11.2. The highest BCUT2D eigenvalue weighted by Gasteiger charge is 2.39. The van der Waals surface area contributed by atoms with Gasteiger partial charge >= 0.3 is 6.09 Å². The number of aromatic hydroxyl groups is 1. The van der Waals surface area contributed by atoms with E-state index in [-0.39, 0.29) is 17.7 Å². The quantitative estimate of drug-likeness (QED) is 0.347. The van der Waals surface area contributed by atoms with Crippen molar-refractivity contribution >= 4 is 35.2 Å². The van der Waals surface area contributed by atoms with Crippen LogP contribution in [0.4, 0.5) is 10.5 Å². The highest BCUT2D eigenvalue weighted by Crippen LogP contribution is 2.32. The van der Waals surface area contributed by atoms with Crippen LogP contribution in [0.25, 0.3) is 0 Å². The fourth-order valence-corrected chi connectivity index (χ4v) is 4.25. The van der Waals surface area contributed by atoms with Gasteiger partial charge < -0.3 is 25.4 Å². The minimum Gasteiger partial charge on any atom is -0.508 e. The molecular formula is C29H40ClN3O5. The van der Waals surface area contributed by atoms with E-state index in [9.17, 15) is 19.5 Å². The molecule has 2 rings (SSSR count). The van der Waals surface area contributed by atoms with E-state index < -0.39 is 35.6 Å². The van der Waals surface area contributed by atoms with Crippen LogP contribution in [-0.2, 0) is 14.3 Å². The Morgan fingerprint density at radius 2 is 1.66 bits per heavy atom. The Balaban J connectivity index is 2.59. The lowest BCUT2D eigenvalue weighted by Gasteiger charge is -2.39. The first-order valence-electron chi connectivity index (χ1n) is 12.8. The lowest BCUT2D eigenvalue weighted by molar-refractivity contribution is -0.144. The molecule has 0 saturated carbocycles. The smallest absolute Gasteiger partial charge is 0.408 e. The van der Waals surface area contributed by atoms with Crippen molar-refractivity contribution in [2.75, 3.05) is 5.32 Å². The number of phenolic OH excluding ortho intramolecular Hbond substituents is 1. The van der Waals surface area contributed by atoms with Crippen molar-refractivity contribution in [3.63, 3.8) is 0 Å². The molecule has 3 unspecified atom stereocenters. The van der Waals surface area contributed by atoms with Gasteiger partial charge in [-0.1, -0.05) is 56.6 Å². The highest BCUT2D eigenvalue weighted by molar-refractivity contribution is 6.34. The molecule has 0 aromatic heterocycles. The molecule has 0 bridgehead atoms. The standard InChI is InChI=1S/C29H40ClN3O5/c1-9-19(5)33(27(36)23(17(2)3)32-28(37)38-29(6,7)8)25(20-13-15-21(34)16-14-20)26(35)31-24-18(4)11-10-12-22(24)30/h10-17,19,23,25,34H,9H2,1-8H3,(H,31,35)(H,32,37). The molecule has 3 N–H and O–H groups in total. The summed E-state index contributed by atoms with van der Waals surface area (Å²) in [5.41, 5.74) is 0.973. The first-order valence-corrected chi connectivity index (χ1v) is 13.2. The normalized spacial score (nSPS) is 13.8. The molecule has 0 aliphatic heterocycles. The first-order chi connectivity index (χ1) is 17.7. The van der Waals surface area contributed by atoms with E-state index in [1.54, 1.807) is 45.0 Å². The topological polar surface area (TPSA) is 108 Å². The molecule has 38 heavy (non-hydrogen) atoms. The summed E-state index contributed by atoms with van der Waals surface area (Å²) in [6.45, 7) is 14.5. The Labute approximate surface area is 230 Å². The number of para-hydroxylation sites is 1. The molecule has 0 aliphatic rings. The third kappa shape index (κ3) is 8.12. The number of amides is 3. The van der Waals surface area contributed by atoms with Crippen LogP contribution in [0, 0.1) is 12.8 Å². The molecule has 0 aliphatic carbocycles. The van der Waals surface area contributed by atoms with Crippen LogP contribution in [0.15, 0.2) is 42.5 Å². The number of ether oxygens (including phenoxy) is 1. The number of alkyl carbamates (subject to hydrolysis) is 1. The summed E-state index contributed by atoms with van der Waals surface area (Å²) in [6.07, 6.45) is -0.165. The number of carbonyl (C=O) groups is 3. The molecule has 2 aromatic rings. The molecule has 2 aromatic carbocycles. The Hall–Kier alpha value is -3.26. The largest absolute Gasteiger partial charge is 0.508 e. The summed E-state index contributed by atoms with van der Waals surface area (Å²) in [5.74, 6) is -1.16. The van der Waals surface area contributed by atoms with E-state index in [2.05, 4.69) is 10.6 Å². The van der Waals surface area contributed by atoms with Gasteiger partial charge in [-0.3, -0.25) is 9.59 Å². The highest BCUT2D eigenvalue weighted by atomic mass is 35.5.